The van der Waals surface area contributed by atoms with Gasteiger partial charge in [0.25, 0.3) is 5.91 Å². The largest absolute Gasteiger partial charge is 0.495 e. The summed E-state index contributed by atoms with van der Waals surface area (Å²) in [5.41, 5.74) is 6.13. The molecule has 3 aromatic carbocycles. The zero-order valence-corrected chi connectivity index (χ0v) is 14.7. The van der Waals surface area contributed by atoms with Crippen molar-refractivity contribution >= 4 is 29.0 Å². The first-order valence-electron chi connectivity index (χ1n) is 7.80. The fraction of sp³-hybridized carbons (Fsp3) is 0.0500. The Morgan fingerprint density at radius 2 is 1.64 bits per heavy atom. The first kappa shape index (κ1) is 17.1. The van der Waals surface area contributed by atoms with Crippen LogP contribution in [0.2, 0.25) is 0 Å². The maximum atomic E-state index is 12.8. The highest BCUT2D eigenvalue weighted by Crippen LogP contribution is 2.32. The molecule has 0 aromatic heterocycles. The predicted molar refractivity (Wildman–Crippen MR) is 101 cm³/mol. The minimum Gasteiger partial charge on any atom is -0.495 e. The summed E-state index contributed by atoms with van der Waals surface area (Å²) in [6.07, 6.45) is 0. The molecule has 3 rings (SSSR count). The zero-order valence-electron chi connectivity index (χ0n) is 13.9. The van der Waals surface area contributed by atoms with Crippen molar-refractivity contribution in [1.29, 1.82) is 0 Å². The molecule has 0 aliphatic rings. The average Bonchev–Trinajstić information content (AvgIpc) is 2.64. The molecule has 126 valence electrons. The van der Waals surface area contributed by atoms with E-state index in [0.29, 0.717) is 17.0 Å². The molecule has 0 atom stereocenters. The third kappa shape index (κ3) is 4.21. The summed E-state index contributed by atoms with van der Waals surface area (Å²) < 4.78 is 5.29. The smallest absolute Gasteiger partial charge is 0.256 e. The second kappa shape index (κ2) is 7.88. The van der Waals surface area contributed by atoms with E-state index in [1.54, 1.807) is 18.9 Å². The van der Waals surface area contributed by atoms with E-state index in [9.17, 15) is 4.79 Å². The summed E-state index contributed by atoms with van der Waals surface area (Å²) in [4.78, 5) is 14.7. The summed E-state index contributed by atoms with van der Waals surface area (Å²) in [5.74, 6) is 0.466. The van der Waals surface area contributed by atoms with Crippen molar-refractivity contribution in [2.75, 3.05) is 12.4 Å². The summed E-state index contributed by atoms with van der Waals surface area (Å²) in [6.45, 7) is 0. The number of carbonyl (C=O) groups excluding carboxylic acids is 1. The highest BCUT2D eigenvalue weighted by atomic mass is 32.2. The number of amides is 1. The molecule has 0 fully saturated rings. The molecule has 4 N–H and O–H groups in total. The molecular formula is C20H19N2O2S+. The molecule has 0 bridgehead atoms. The summed E-state index contributed by atoms with van der Waals surface area (Å²) in [5, 5.41) is 2.93. The summed E-state index contributed by atoms with van der Waals surface area (Å²) >= 11 is 1.55. The Kier molecular flexibility index (Phi) is 5.38. The van der Waals surface area contributed by atoms with Crippen LogP contribution in [0.15, 0.2) is 82.6 Å². The van der Waals surface area contributed by atoms with Crippen LogP contribution in [0.5, 0.6) is 5.75 Å². The van der Waals surface area contributed by atoms with Gasteiger partial charge in [-0.2, -0.15) is 0 Å². The molecule has 0 heterocycles. The molecule has 0 radical (unpaired) electrons. The second-order valence-electron chi connectivity index (χ2n) is 5.40. The van der Waals surface area contributed by atoms with Gasteiger partial charge in [-0.25, -0.2) is 0 Å². The topological polar surface area (TPSA) is 66.0 Å². The number of anilines is 1. The van der Waals surface area contributed by atoms with Crippen LogP contribution in [0.4, 0.5) is 11.4 Å². The Hall–Kier alpha value is -2.76. The molecule has 0 saturated heterocycles. The van der Waals surface area contributed by atoms with Crippen molar-refractivity contribution in [3.63, 3.8) is 0 Å². The minimum atomic E-state index is -0.165. The summed E-state index contributed by atoms with van der Waals surface area (Å²) in [7, 11) is 1.58. The Morgan fingerprint density at radius 3 is 2.40 bits per heavy atom. The minimum absolute atomic E-state index is 0.165. The molecule has 1 amide bonds. The fourth-order valence-electron chi connectivity index (χ4n) is 2.37. The number of hydrogen-bond acceptors (Lipinski definition) is 3. The molecule has 0 spiro atoms. The Balaban J connectivity index is 1.84. The van der Waals surface area contributed by atoms with E-state index in [4.69, 9.17) is 4.74 Å². The first-order chi connectivity index (χ1) is 12.2. The molecule has 3 aromatic rings. The third-order valence-electron chi connectivity index (χ3n) is 3.64. The van der Waals surface area contributed by atoms with E-state index in [1.165, 1.54) is 0 Å². The standard InChI is InChI=1S/C20H18N2O2S/c1-24-18-8-4-3-7-17(18)22-20(23)16-6-2-5-9-19(16)25-15-12-10-14(21)11-13-15/h2-13H,21H2,1H3,(H,22,23)/p+1. The van der Waals surface area contributed by atoms with Crippen molar-refractivity contribution in [3.8, 4) is 5.75 Å². The number of rotatable bonds is 5. The Labute approximate surface area is 151 Å². The number of quaternary nitrogens is 1. The Morgan fingerprint density at radius 1 is 0.960 bits per heavy atom. The lowest BCUT2D eigenvalue weighted by Gasteiger charge is -2.12. The van der Waals surface area contributed by atoms with Gasteiger partial charge in [-0.15, -0.1) is 0 Å². The average molecular weight is 351 g/mol. The van der Waals surface area contributed by atoms with Crippen molar-refractivity contribution in [2.45, 2.75) is 9.79 Å². The van der Waals surface area contributed by atoms with Gasteiger partial charge in [-0.05, 0) is 48.5 Å². The second-order valence-corrected chi connectivity index (χ2v) is 6.51. The number of nitrogens with one attached hydrogen (secondary N) is 1. The van der Waals surface area contributed by atoms with Gasteiger partial charge in [0, 0.05) is 9.79 Å². The highest BCUT2D eigenvalue weighted by Gasteiger charge is 2.14. The van der Waals surface area contributed by atoms with Crippen LogP contribution in [0.1, 0.15) is 10.4 Å². The van der Waals surface area contributed by atoms with Gasteiger partial charge in [0.2, 0.25) is 0 Å². The number of carbonyl (C=O) groups is 1. The van der Waals surface area contributed by atoms with Gasteiger partial charge in [0.1, 0.15) is 11.4 Å². The lowest BCUT2D eigenvalue weighted by atomic mass is 10.2. The number of benzene rings is 3. The number of hydrogen-bond donors (Lipinski definition) is 2. The van der Waals surface area contributed by atoms with Crippen LogP contribution in [-0.4, -0.2) is 13.0 Å². The van der Waals surface area contributed by atoms with Gasteiger partial charge in [-0.3, -0.25) is 4.79 Å². The summed E-state index contributed by atoms with van der Waals surface area (Å²) in [6, 6.07) is 22.8. The molecule has 0 unspecified atom stereocenters. The van der Waals surface area contributed by atoms with Crippen molar-refractivity contribution in [1.82, 2.24) is 0 Å². The van der Waals surface area contributed by atoms with Crippen LogP contribution >= 0.6 is 11.8 Å². The molecule has 5 heteroatoms. The maximum Gasteiger partial charge on any atom is 0.256 e. The fourth-order valence-corrected chi connectivity index (χ4v) is 3.31. The SMILES string of the molecule is COc1ccccc1NC(=O)c1ccccc1Sc1ccc([NH3+])cc1. The number of ether oxygens (including phenoxy) is 1. The van der Waals surface area contributed by atoms with Crippen molar-refractivity contribution < 1.29 is 15.3 Å². The highest BCUT2D eigenvalue weighted by molar-refractivity contribution is 7.99. The van der Waals surface area contributed by atoms with Gasteiger partial charge in [0.05, 0.1) is 18.4 Å². The number of methoxy groups -OCH3 is 1. The van der Waals surface area contributed by atoms with Gasteiger partial charge in [0.15, 0.2) is 0 Å². The lowest BCUT2D eigenvalue weighted by Crippen LogP contribution is -2.39. The van der Waals surface area contributed by atoms with Crippen molar-refractivity contribution in [2.24, 2.45) is 0 Å². The van der Waals surface area contributed by atoms with Gasteiger partial charge >= 0.3 is 0 Å². The van der Waals surface area contributed by atoms with E-state index < -0.39 is 0 Å². The molecule has 0 aliphatic heterocycles. The third-order valence-corrected chi connectivity index (χ3v) is 4.72. The molecular weight excluding hydrogens is 332 g/mol. The predicted octanol–water partition coefficient (Wildman–Crippen LogP) is 3.97. The van der Waals surface area contributed by atoms with E-state index in [2.05, 4.69) is 11.1 Å². The van der Waals surface area contributed by atoms with E-state index in [0.717, 1.165) is 15.5 Å². The first-order valence-corrected chi connectivity index (χ1v) is 8.62. The van der Waals surface area contributed by atoms with E-state index >= 15 is 0 Å². The number of para-hydroxylation sites is 2. The van der Waals surface area contributed by atoms with E-state index in [-0.39, 0.29) is 5.91 Å². The molecule has 0 aliphatic carbocycles. The van der Waals surface area contributed by atoms with Gasteiger partial charge in [-0.1, -0.05) is 36.0 Å². The van der Waals surface area contributed by atoms with Crippen LogP contribution in [0, 0.1) is 0 Å². The van der Waals surface area contributed by atoms with Crippen LogP contribution in [-0.2, 0) is 0 Å². The normalized spacial score (nSPS) is 10.3. The lowest BCUT2D eigenvalue weighted by molar-refractivity contribution is -0.254. The Bertz CT molecular complexity index is 879. The maximum absolute atomic E-state index is 12.8. The van der Waals surface area contributed by atoms with Crippen LogP contribution < -0.4 is 15.8 Å². The molecule has 4 nitrogen and oxygen atoms in total. The van der Waals surface area contributed by atoms with Crippen LogP contribution in [0.3, 0.4) is 0 Å². The molecule has 0 saturated carbocycles. The monoisotopic (exact) mass is 351 g/mol. The quantitative estimate of drug-likeness (QED) is 0.731. The van der Waals surface area contributed by atoms with Crippen molar-refractivity contribution in [3.05, 3.63) is 78.4 Å². The van der Waals surface area contributed by atoms with Crippen LogP contribution in [0.25, 0.3) is 0 Å². The molecule has 25 heavy (non-hydrogen) atoms. The zero-order chi connectivity index (χ0) is 17.6. The van der Waals surface area contributed by atoms with Gasteiger partial charge < -0.3 is 15.8 Å². The van der Waals surface area contributed by atoms with E-state index in [1.807, 2.05) is 72.8 Å².